The topological polar surface area (TPSA) is 89.8 Å². The highest BCUT2D eigenvalue weighted by molar-refractivity contribution is 9.11. The Morgan fingerprint density at radius 2 is 2.10 bits per heavy atom. The summed E-state index contributed by atoms with van der Waals surface area (Å²) in [6.45, 7) is 0. The van der Waals surface area contributed by atoms with Crippen LogP contribution in [-0.2, 0) is 4.79 Å². The van der Waals surface area contributed by atoms with Crippen LogP contribution in [0.1, 0.15) is 30.9 Å². The molecule has 0 heterocycles. The average Bonchev–Trinajstić information content (AvgIpc) is 2.41. The Labute approximate surface area is 133 Å². The lowest BCUT2D eigenvalue weighted by atomic mass is 10.0. The van der Waals surface area contributed by atoms with Crippen LogP contribution in [0, 0.1) is 0 Å². The first-order valence-electron chi connectivity index (χ1n) is 5.92. The third kappa shape index (κ3) is 5.24. The highest BCUT2D eigenvalue weighted by Gasteiger charge is 2.15. The van der Waals surface area contributed by atoms with E-state index in [2.05, 4.69) is 31.9 Å². The molecule has 0 bridgehead atoms. The van der Waals surface area contributed by atoms with Gasteiger partial charge >= 0.3 is 0 Å². The van der Waals surface area contributed by atoms with Crippen molar-refractivity contribution in [3.05, 3.63) is 38.8 Å². The van der Waals surface area contributed by atoms with Gasteiger partial charge in [-0.3, -0.25) is 10.0 Å². The lowest BCUT2D eigenvalue weighted by molar-refractivity contribution is -0.124. The second kappa shape index (κ2) is 8.41. The van der Waals surface area contributed by atoms with Crippen LogP contribution in [0.15, 0.2) is 33.2 Å². The molecule has 0 aliphatic heterocycles. The molecule has 1 aromatic rings. The van der Waals surface area contributed by atoms with Crippen molar-refractivity contribution < 1.29 is 20.2 Å². The number of amides is 1. The number of allylic oxidation sites excluding steroid dienone is 1. The van der Waals surface area contributed by atoms with Gasteiger partial charge < -0.3 is 10.2 Å². The second-order valence-corrected chi connectivity index (χ2v) is 5.92. The molecular weight excluding hydrogens is 394 g/mol. The fourth-order valence-corrected chi connectivity index (χ4v) is 2.91. The monoisotopic (exact) mass is 407 g/mol. The number of carbonyl (C=O) groups excluding carboxylic acids is 1. The summed E-state index contributed by atoms with van der Waals surface area (Å²) >= 11 is 6.51. The number of halogens is 2. The Morgan fingerprint density at radius 3 is 2.75 bits per heavy atom. The van der Waals surface area contributed by atoms with Gasteiger partial charge in [0.25, 0.3) is 5.91 Å². The molecule has 5 nitrogen and oxygen atoms in total. The summed E-state index contributed by atoms with van der Waals surface area (Å²) in [7, 11) is 0. The number of hydroxylamine groups is 1. The van der Waals surface area contributed by atoms with Crippen LogP contribution in [0.2, 0.25) is 0 Å². The van der Waals surface area contributed by atoms with E-state index in [0.29, 0.717) is 29.3 Å². The van der Waals surface area contributed by atoms with Crippen LogP contribution in [0.25, 0.3) is 0 Å². The van der Waals surface area contributed by atoms with Gasteiger partial charge in [0.1, 0.15) is 5.75 Å². The summed E-state index contributed by atoms with van der Waals surface area (Å²) in [6, 6.07) is 3.36. The molecule has 0 unspecified atom stereocenters. The Balaban J connectivity index is 2.53. The van der Waals surface area contributed by atoms with Gasteiger partial charge in [-0.05, 0) is 47.3 Å². The van der Waals surface area contributed by atoms with Crippen molar-refractivity contribution in [3.8, 4) is 5.75 Å². The van der Waals surface area contributed by atoms with Crippen LogP contribution < -0.4 is 5.48 Å². The van der Waals surface area contributed by atoms with Gasteiger partial charge in [-0.15, -0.1) is 0 Å². The van der Waals surface area contributed by atoms with Crippen LogP contribution in [0.4, 0.5) is 0 Å². The molecule has 0 radical (unpaired) electrons. The molecule has 0 aliphatic carbocycles. The smallest absolute Gasteiger partial charge is 0.267 e. The third-order valence-electron chi connectivity index (χ3n) is 2.64. The molecule has 0 fully saturated rings. The first-order chi connectivity index (χ1) is 9.45. The van der Waals surface area contributed by atoms with E-state index in [4.69, 9.17) is 5.21 Å². The van der Waals surface area contributed by atoms with Crippen molar-refractivity contribution in [3.63, 3.8) is 0 Å². The molecule has 4 N–H and O–H groups in total. The summed E-state index contributed by atoms with van der Waals surface area (Å²) in [5.41, 5.74) is 1.94. The molecule has 0 saturated carbocycles. The van der Waals surface area contributed by atoms with E-state index in [1.807, 2.05) is 0 Å². The second-order valence-electron chi connectivity index (χ2n) is 4.15. The van der Waals surface area contributed by atoms with E-state index < -0.39 is 12.0 Å². The number of phenols is 1. The Hall–Kier alpha value is -0.890. The number of aliphatic hydroxyl groups excluding tert-OH is 1. The minimum Gasteiger partial charge on any atom is -0.506 e. The highest BCUT2D eigenvalue weighted by atomic mass is 79.9. The van der Waals surface area contributed by atoms with Crippen LogP contribution in [-0.4, -0.2) is 21.3 Å². The minimum absolute atomic E-state index is 0.0240. The molecule has 1 amide bonds. The number of aromatic hydroxyl groups is 1. The number of unbranched alkanes of at least 4 members (excludes halogenated alkanes) is 1. The number of nitrogens with one attached hydrogen (secondary N) is 1. The molecule has 0 saturated heterocycles. The zero-order valence-corrected chi connectivity index (χ0v) is 13.7. The molecule has 1 rings (SSSR count). The van der Waals surface area contributed by atoms with Crippen LogP contribution >= 0.6 is 31.9 Å². The van der Waals surface area contributed by atoms with Crippen LogP contribution in [0.5, 0.6) is 5.75 Å². The predicted octanol–water partition coefficient (Wildman–Crippen LogP) is 3.18. The van der Waals surface area contributed by atoms with Gasteiger partial charge in [-0.25, -0.2) is 5.48 Å². The Morgan fingerprint density at radius 1 is 1.40 bits per heavy atom. The number of hydrogen-bond acceptors (Lipinski definition) is 4. The molecular formula is C13H15Br2NO4. The molecule has 20 heavy (non-hydrogen) atoms. The molecule has 1 aromatic carbocycles. The predicted molar refractivity (Wildman–Crippen MR) is 81.4 cm³/mol. The third-order valence-corrected chi connectivity index (χ3v) is 3.71. The van der Waals surface area contributed by atoms with E-state index >= 15 is 0 Å². The van der Waals surface area contributed by atoms with Crippen molar-refractivity contribution in [2.24, 2.45) is 0 Å². The standard InChI is InChI=1S/C13H15Br2NO4/c14-8-6-9(13(19)10(15)7-8)11(17)4-2-1-3-5-12(18)16-20/h3,5-7,11,17,19-20H,1-2,4H2,(H,16,18)/b5-3+/t11-/m1/s1. The SMILES string of the molecule is O=C(/C=C/CCC[C@@H](O)c1cc(Br)cc(Br)c1O)NO. The maximum Gasteiger partial charge on any atom is 0.267 e. The summed E-state index contributed by atoms with van der Waals surface area (Å²) in [6.07, 6.45) is 3.71. The molecule has 0 aliphatic rings. The number of aliphatic hydroxyl groups is 1. The van der Waals surface area contributed by atoms with Gasteiger partial charge in [0, 0.05) is 16.1 Å². The molecule has 1 atom stereocenters. The van der Waals surface area contributed by atoms with E-state index in [1.54, 1.807) is 18.2 Å². The minimum atomic E-state index is -0.788. The normalized spacial score (nSPS) is 12.6. The number of carbonyl (C=O) groups is 1. The summed E-state index contributed by atoms with van der Waals surface area (Å²) < 4.78 is 1.27. The number of rotatable bonds is 6. The average molecular weight is 409 g/mol. The van der Waals surface area contributed by atoms with Gasteiger partial charge in [0.2, 0.25) is 0 Å². The van der Waals surface area contributed by atoms with Crippen molar-refractivity contribution in [2.75, 3.05) is 0 Å². The summed E-state index contributed by atoms with van der Waals surface area (Å²) in [5, 5.41) is 28.2. The number of hydrogen-bond donors (Lipinski definition) is 4. The molecule has 0 aromatic heterocycles. The molecule has 110 valence electrons. The number of benzene rings is 1. The lowest BCUT2D eigenvalue weighted by Gasteiger charge is -2.13. The summed E-state index contributed by atoms with van der Waals surface area (Å²) in [4.78, 5) is 10.7. The lowest BCUT2D eigenvalue weighted by Crippen LogP contribution is -2.14. The van der Waals surface area contributed by atoms with Crippen molar-refractivity contribution in [1.82, 2.24) is 5.48 Å². The fourth-order valence-electron chi connectivity index (χ4n) is 1.65. The van der Waals surface area contributed by atoms with Crippen LogP contribution in [0.3, 0.4) is 0 Å². The van der Waals surface area contributed by atoms with E-state index in [1.165, 1.54) is 11.6 Å². The Bertz CT molecular complexity index is 505. The zero-order chi connectivity index (χ0) is 15.1. The first kappa shape index (κ1) is 17.2. The van der Waals surface area contributed by atoms with Gasteiger partial charge in [-0.1, -0.05) is 22.0 Å². The van der Waals surface area contributed by atoms with Gasteiger partial charge in [0.15, 0.2) is 0 Å². The molecule has 7 heteroatoms. The Kier molecular flexibility index (Phi) is 7.22. The quantitative estimate of drug-likeness (QED) is 0.252. The van der Waals surface area contributed by atoms with E-state index in [0.717, 1.165) is 4.47 Å². The van der Waals surface area contributed by atoms with Gasteiger partial charge in [0.05, 0.1) is 10.6 Å². The van der Waals surface area contributed by atoms with Gasteiger partial charge in [-0.2, -0.15) is 0 Å². The largest absolute Gasteiger partial charge is 0.506 e. The summed E-state index contributed by atoms with van der Waals surface area (Å²) in [5.74, 6) is -0.560. The van der Waals surface area contributed by atoms with E-state index in [-0.39, 0.29) is 5.75 Å². The maximum atomic E-state index is 10.7. The van der Waals surface area contributed by atoms with Crippen molar-refractivity contribution >= 4 is 37.8 Å². The fraction of sp³-hybridized carbons (Fsp3) is 0.308. The first-order valence-corrected chi connectivity index (χ1v) is 7.51. The van der Waals surface area contributed by atoms with E-state index in [9.17, 15) is 15.0 Å². The molecule has 0 spiro atoms. The number of phenolic OH excluding ortho intramolecular Hbond substituents is 1. The zero-order valence-electron chi connectivity index (χ0n) is 10.5. The van der Waals surface area contributed by atoms with Crippen molar-refractivity contribution in [2.45, 2.75) is 25.4 Å². The van der Waals surface area contributed by atoms with Crippen molar-refractivity contribution in [1.29, 1.82) is 0 Å². The highest BCUT2D eigenvalue weighted by Crippen LogP contribution is 2.36. The maximum absolute atomic E-state index is 10.7.